The number of ether oxygens (including phenoxy) is 1. The van der Waals surface area contributed by atoms with Crippen molar-refractivity contribution in [1.82, 2.24) is 5.32 Å². The summed E-state index contributed by atoms with van der Waals surface area (Å²) in [6.45, 7) is 4.54. The van der Waals surface area contributed by atoms with E-state index >= 15 is 0 Å². The Kier molecular flexibility index (Phi) is 9.42. The second kappa shape index (κ2) is 12.0. The van der Waals surface area contributed by atoms with Gasteiger partial charge in [0, 0.05) is 35.7 Å². The molecule has 0 aliphatic rings. The zero-order valence-electron chi connectivity index (χ0n) is 18.0. The van der Waals surface area contributed by atoms with Crippen LogP contribution in [-0.4, -0.2) is 38.0 Å². The number of carbonyl (C=O) groups is 1. The number of nitrogens with zero attached hydrogens (tertiary/aromatic N) is 3. The van der Waals surface area contributed by atoms with Crippen LogP contribution >= 0.6 is 11.6 Å². The van der Waals surface area contributed by atoms with Crippen molar-refractivity contribution >= 4 is 28.9 Å². The summed E-state index contributed by atoms with van der Waals surface area (Å²) in [6.07, 6.45) is 0.444. The summed E-state index contributed by atoms with van der Waals surface area (Å²) < 4.78 is 5.38. The van der Waals surface area contributed by atoms with Crippen LogP contribution in [0.2, 0.25) is 5.02 Å². The van der Waals surface area contributed by atoms with Gasteiger partial charge in [0.2, 0.25) is 5.91 Å². The van der Waals surface area contributed by atoms with Crippen LogP contribution in [0.25, 0.3) is 0 Å². The van der Waals surface area contributed by atoms with Gasteiger partial charge in [0.25, 0.3) is 0 Å². The lowest BCUT2D eigenvalue weighted by atomic mass is 9.99. The Morgan fingerprint density at radius 3 is 2.55 bits per heavy atom. The molecular weight excluding hydrogens is 418 g/mol. The first kappa shape index (κ1) is 24.3. The fourth-order valence-corrected chi connectivity index (χ4v) is 3.06. The first-order valence-electron chi connectivity index (χ1n) is 10.0. The van der Waals surface area contributed by atoms with Crippen molar-refractivity contribution in [1.29, 1.82) is 0 Å². The highest BCUT2D eigenvalue weighted by Crippen LogP contribution is 2.30. The van der Waals surface area contributed by atoms with E-state index < -0.39 is 6.17 Å². The Labute approximate surface area is 187 Å². The lowest BCUT2D eigenvalue weighted by Crippen LogP contribution is -2.36. The molecule has 8 nitrogen and oxygen atoms in total. The fourth-order valence-electron chi connectivity index (χ4n) is 2.93. The van der Waals surface area contributed by atoms with Gasteiger partial charge < -0.3 is 15.8 Å². The standard InChI is InChI=1S/C22H28ClN5O3/c1-4-12-25-21(29)11-13-26-22(16-5-7-17(23)8-6-16)19-14-18(31-3)9-10-20(19)28(27-30)15(2)24/h5-10,14-15H,4,11-13,24H2,1-3H3,(H,25,29). The molecule has 0 aliphatic carbocycles. The smallest absolute Gasteiger partial charge is 0.221 e. The molecule has 0 heterocycles. The molecule has 9 heteroatoms. The average Bonchev–Trinajstić information content (AvgIpc) is 2.76. The summed E-state index contributed by atoms with van der Waals surface area (Å²) in [4.78, 5) is 28.2. The lowest BCUT2D eigenvalue weighted by Gasteiger charge is -2.23. The molecule has 0 bridgehead atoms. The second-order valence-electron chi connectivity index (χ2n) is 6.89. The predicted octanol–water partition coefficient (Wildman–Crippen LogP) is 3.89. The minimum Gasteiger partial charge on any atom is -0.497 e. The number of rotatable bonds is 11. The van der Waals surface area contributed by atoms with Gasteiger partial charge >= 0.3 is 0 Å². The molecule has 31 heavy (non-hydrogen) atoms. The highest BCUT2D eigenvalue weighted by Gasteiger charge is 2.21. The molecule has 2 aromatic rings. The molecule has 1 atom stereocenters. The van der Waals surface area contributed by atoms with E-state index in [4.69, 9.17) is 27.1 Å². The van der Waals surface area contributed by atoms with Gasteiger partial charge in [0.15, 0.2) is 0 Å². The van der Waals surface area contributed by atoms with E-state index in [1.165, 1.54) is 5.01 Å². The first-order chi connectivity index (χ1) is 14.9. The molecule has 0 aromatic heterocycles. The molecule has 1 amide bonds. The van der Waals surface area contributed by atoms with Crippen molar-refractivity contribution in [3.05, 3.63) is 63.5 Å². The molecule has 0 spiro atoms. The minimum absolute atomic E-state index is 0.0707. The van der Waals surface area contributed by atoms with Crippen LogP contribution in [0.5, 0.6) is 5.75 Å². The van der Waals surface area contributed by atoms with Crippen LogP contribution in [0.4, 0.5) is 5.69 Å². The highest BCUT2D eigenvalue weighted by molar-refractivity contribution is 6.30. The number of halogens is 1. The molecule has 2 rings (SSSR count). The third-order valence-corrected chi connectivity index (χ3v) is 4.73. The van der Waals surface area contributed by atoms with Crippen LogP contribution in [0, 0.1) is 4.91 Å². The van der Waals surface area contributed by atoms with Gasteiger partial charge in [-0.2, -0.15) is 0 Å². The van der Waals surface area contributed by atoms with Gasteiger partial charge in [-0.15, -0.1) is 4.91 Å². The fraction of sp³-hybridized carbons (Fsp3) is 0.364. The number of anilines is 1. The molecule has 0 fully saturated rings. The van der Waals surface area contributed by atoms with Crippen molar-refractivity contribution in [2.24, 2.45) is 16.0 Å². The van der Waals surface area contributed by atoms with Crippen molar-refractivity contribution in [3.8, 4) is 5.75 Å². The van der Waals surface area contributed by atoms with Gasteiger partial charge in [0.1, 0.15) is 5.75 Å². The number of methoxy groups -OCH3 is 1. The summed E-state index contributed by atoms with van der Waals surface area (Å²) >= 11 is 6.06. The van der Waals surface area contributed by atoms with Gasteiger partial charge in [-0.3, -0.25) is 9.79 Å². The quantitative estimate of drug-likeness (QED) is 0.236. The molecule has 0 radical (unpaired) electrons. The monoisotopic (exact) mass is 445 g/mol. The lowest BCUT2D eigenvalue weighted by molar-refractivity contribution is -0.120. The zero-order chi connectivity index (χ0) is 22.8. The Balaban J connectivity index is 2.54. The Morgan fingerprint density at radius 1 is 1.26 bits per heavy atom. The zero-order valence-corrected chi connectivity index (χ0v) is 18.7. The third-order valence-electron chi connectivity index (χ3n) is 4.48. The molecule has 0 saturated carbocycles. The topological polar surface area (TPSA) is 109 Å². The van der Waals surface area contributed by atoms with Crippen LogP contribution in [-0.2, 0) is 4.79 Å². The summed E-state index contributed by atoms with van der Waals surface area (Å²) in [5, 5.41) is 7.68. The van der Waals surface area contributed by atoms with Crippen molar-refractivity contribution in [2.45, 2.75) is 32.9 Å². The van der Waals surface area contributed by atoms with Crippen LogP contribution in [0.1, 0.15) is 37.8 Å². The van der Waals surface area contributed by atoms with E-state index in [-0.39, 0.29) is 18.9 Å². The molecule has 166 valence electrons. The first-order valence-corrected chi connectivity index (χ1v) is 10.4. The van der Waals surface area contributed by atoms with Crippen LogP contribution < -0.4 is 20.8 Å². The average molecular weight is 446 g/mol. The van der Waals surface area contributed by atoms with Gasteiger partial charge in [-0.1, -0.05) is 30.7 Å². The van der Waals surface area contributed by atoms with E-state index in [1.807, 2.05) is 19.1 Å². The second-order valence-corrected chi connectivity index (χ2v) is 7.32. The molecule has 3 N–H and O–H groups in total. The van der Waals surface area contributed by atoms with E-state index in [0.717, 1.165) is 12.0 Å². The maximum absolute atomic E-state index is 12.0. The summed E-state index contributed by atoms with van der Waals surface area (Å²) in [6, 6.07) is 12.3. The number of nitroso groups, excluding NO2 is 1. The van der Waals surface area contributed by atoms with E-state index in [1.54, 1.807) is 44.4 Å². The summed E-state index contributed by atoms with van der Waals surface area (Å²) in [5.41, 5.74) is 8.38. The van der Waals surface area contributed by atoms with E-state index in [2.05, 4.69) is 10.6 Å². The van der Waals surface area contributed by atoms with Crippen LogP contribution in [0.3, 0.4) is 0 Å². The normalized spacial score (nSPS) is 12.2. The third kappa shape index (κ3) is 6.77. The van der Waals surface area contributed by atoms with Gasteiger partial charge in [-0.05, 0) is 43.7 Å². The molecular formula is C22H28ClN5O3. The van der Waals surface area contributed by atoms with Gasteiger partial charge in [-0.25, -0.2) is 5.01 Å². The number of hydrogen-bond acceptors (Lipinski definition) is 6. The number of nitrogens with two attached hydrogens (primary N) is 1. The number of benzene rings is 2. The Morgan fingerprint density at radius 2 is 1.97 bits per heavy atom. The highest BCUT2D eigenvalue weighted by atomic mass is 35.5. The number of hydrogen-bond donors (Lipinski definition) is 2. The SMILES string of the molecule is CCCNC(=O)CCN=C(c1ccc(Cl)cc1)c1cc(OC)ccc1N(N=O)C(C)N. The summed E-state index contributed by atoms with van der Waals surface area (Å²) in [5.74, 6) is 0.510. The number of amides is 1. The maximum atomic E-state index is 12.0. The number of aliphatic imine (C=N–C) groups is 1. The minimum atomic E-state index is -0.657. The van der Waals surface area contributed by atoms with E-state index in [0.29, 0.717) is 34.3 Å². The molecule has 0 aliphatic heterocycles. The van der Waals surface area contributed by atoms with E-state index in [9.17, 15) is 9.70 Å². The van der Waals surface area contributed by atoms with Crippen molar-refractivity contribution in [2.75, 3.05) is 25.2 Å². The maximum Gasteiger partial charge on any atom is 0.221 e. The van der Waals surface area contributed by atoms with Crippen molar-refractivity contribution in [3.63, 3.8) is 0 Å². The largest absolute Gasteiger partial charge is 0.497 e. The number of nitrogens with one attached hydrogen (secondary N) is 1. The number of carbonyl (C=O) groups excluding carboxylic acids is 1. The molecule has 1 unspecified atom stereocenters. The Bertz CT molecular complexity index is 916. The molecule has 2 aromatic carbocycles. The predicted molar refractivity (Wildman–Crippen MR) is 125 cm³/mol. The molecule has 0 saturated heterocycles. The van der Waals surface area contributed by atoms with Crippen LogP contribution in [0.15, 0.2) is 52.7 Å². The van der Waals surface area contributed by atoms with Gasteiger partial charge in [0.05, 0.1) is 30.0 Å². The Hall–Kier alpha value is -2.97. The summed E-state index contributed by atoms with van der Waals surface area (Å²) in [7, 11) is 1.55. The van der Waals surface area contributed by atoms with Crippen molar-refractivity contribution < 1.29 is 9.53 Å².